The summed E-state index contributed by atoms with van der Waals surface area (Å²) in [5.41, 5.74) is 0. The zero-order valence-corrected chi connectivity index (χ0v) is 13.4. The molecule has 1 aromatic carbocycles. The maximum absolute atomic E-state index is 10.1. The molecular formula is C17H20NO3S+. The Bertz CT molecular complexity index is 642. The van der Waals surface area contributed by atoms with Crippen molar-refractivity contribution in [3.63, 3.8) is 0 Å². The predicted molar refractivity (Wildman–Crippen MR) is 85.3 cm³/mol. The second-order valence-electron chi connectivity index (χ2n) is 5.38. The third kappa shape index (κ3) is 3.65. The SMILES string of the molecule is COc1ccc(Sc2ccc(/C=[N+](\O)C3CCCC3)o2)cc1. The van der Waals surface area contributed by atoms with Crippen molar-refractivity contribution in [1.82, 2.24) is 0 Å². The molecule has 0 aliphatic heterocycles. The molecule has 5 heteroatoms. The summed E-state index contributed by atoms with van der Waals surface area (Å²) in [5.74, 6) is 1.51. The van der Waals surface area contributed by atoms with Crippen molar-refractivity contribution < 1.29 is 19.1 Å². The summed E-state index contributed by atoms with van der Waals surface area (Å²) < 4.78 is 12.2. The van der Waals surface area contributed by atoms with Gasteiger partial charge in [-0.25, -0.2) is 0 Å². The monoisotopic (exact) mass is 318 g/mol. The summed E-state index contributed by atoms with van der Waals surface area (Å²) in [4.78, 5) is 1.08. The van der Waals surface area contributed by atoms with Crippen LogP contribution in [0.1, 0.15) is 31.4 Å². The average molecular weight is 318 g/mol. The second-order valence-corrected chi connectivity index (χ2v) is 6.46. The molecule has 3 rings (SSSR count). The molecule has 0 unspecified atom stereocenters. The minimum absolute atomic E-state index is 0.225. The lowest BCUT2D eigenvalue weighted by molar-refractivity contribution is -0.795. The molecule has 1 fully saturated rings. The fraction of sp³-hybridized carbons (Fsp3) is 0.353. The first kappa shape index (κ1) is 15.0. The van der Waals surface area contributed by atoms with E-state index in [9.17, 15) is 5.21 Å². The highest BCUT2D eigenvalue weighted by atomic mass is 32.2. The van der Waals surface area contributed by atoms with Gasteiger partial charge >= 0.3 is 0 Å². The van der Waals surface area contributed by atoms with E-state index < -0.39 is 0 Å². The van der Waals surface area contributed by atoms with Crippen molar-refractivity contribution in [2.75, 3.05) is 7.11 Å². The van der Waals surface area contributed by atoms with Gasteiger partial charge in [-0.05, 0) is 54.0 Å². The summed E-state index contributed by atoms with van der Waals surface area (Å²) in [6.07, 6.45) is 6.13. The second kappa shape index (κ2) is 6.92. The van der Waals surface area contributed by atoms with Gasteiger partial charge < -0.3 is 9.15 Å². The van der Waals surface area contributed by atoms with Crippen LogP contribution in [0.25, 0.3) is 0 Å². The minimum atomic E-state index is 0.225. The van der Waals surface area contributed by atoms with E-state index in [-0.39, 0.29) is 6.04 Å². The molecule has 116 valence electrons. The van der Waals surface area contributed by atoms with Gasteiger partial charge in [-0.3, -0.25) is 5.21 Å². The summed E-state index contributed by atoms with van der Waals surface area (Å²) in [5, 5.41) is 10.9. The van der Waals surface area contributed by atoms with Gasteiger partial charge in [0.05, 0.1) is 7.11 Å². The van der Waals surface area contributed by atoms with Crippen LogP contribution in [0.4, 0.5) is 0 Å². The third-order valence-corrected chi connectivity index (χ3v) is 4.77. The maximum atomic E-state index is 10.1. The van der Waals surface area contributed by atoms with Crippen molar-refractivity contribution in [3.05, 3.63) is 42.2 Å². The highest BCUT2D eigenvalue weighted by molar-refractivity contribution is 7.99. The van der Waals surface area contributed by atoms with E-state index >= 15 is 0 Å². The van der Waals surface area contributed by atoms with Crippen LogP contribution < -0.4 is 4.74 Å². The number of hydrogen-bond donors (Lipinski definition) is 1. The molecule has 0 atom stereocenters. The van der Waals surface area contributed by atoms with Crippen molar-refractivity contribution in [2.45, 2.75) is 41.7 Å². The Hall–Kier alpha value is -1.88. The fourth-order valence-electron chi connectivity index (χ4n) is 2.62. The van der Waals surface area contributed by atoms with Gasteiger partial charge in [-0.15, -0.1) is 0 Å². The van der Waals surface area contributed by atoms with E-state index in [4.69, 9.17) is 9.15 Å². The van der Waals surface area contributed by atoms with Crippen LogP contribution in [-0.4, -0.2) is 29.3 Å². The van der Waals surface area contributed by atoms with E-state index in [1.54, 1.807) is 25.1 Å². The lowest BCUT2D eigenvalue weighted by Crippen LogP contribution is -2.21. The standard InChI is InChI=1S/C17H20NO3S/c1-20-14-6-9-16(10-7-14)22-17-11-8-15(21-17)12-18(19)13-4-2-3-5-13/h6-13,19H,2-5H2,1H3/q+1/b18-12-. The Morgan fingerprint density at radius 1 is 1.18 bits per heavy atom. The molecule has 2 aromatic rings. The molecule has 1 heterocycles. The van der Waals surface area contributed by atoms with E-state index in [2.05, 4.69) is 0 Å². The van der Waals surface area contributed by atoms with Crippen LogP contribution in [-0.2, 0) is 0 Å². The van der Waals surface area contributed by atoms with Crippen molar-refractivity contribution in [3.8, 4) is 5.75 Å². The van der Waals surface area contributed by atoms with Crippen LogP contribution in [0.5, 0.6) is 5.75 Å². The first-order chi connectivity index (χ1) is 10.7. The highest BCUT2D eigenvalue weighted by Crippen LogP contribution is 2.30. The number of methoxy groups -OCH3 is 1. The number of hydrogen-bond acceptors (Lipinski definition) is 4. The van der Waals surface area contributed by atoms with Crippen LogP contribution in [0.3, 0.4) is 0 Å². The van der Waals surface area contributed by atoms with Crippen LogP contribution in [0.2, 0.25) is 0 Å². The number of nitrogens with zero attached hydrogens (tertiary/aromatic N) is 1. The molecule has 1 aliphatic carbocycles. The minimum Gasteiger partial charge on any atom is -0.497 e. The average Bonchev–Trinajstić information content (AvgIpc) is 3.20. The van der Waals surface area contributed by atoms with Crippen molar-refractivity contribution >= 4 is 18.0 Å². The van der Waals surface area contributed by atoms with Gasteiger partial charge in [0.25, 0.3) is 6.21 Å². The normalized spacial score (nSPS) is 16.1. The van der Waals surface area contributed by atoms with E-state index in [1.165, 1.54) is 17.6 Å². The Kier molecular flexibility index (Phi) is 4.73. The van der Waals surface area contributed by atoms with E-state index in [1.807, 2.05) is 36.4 Å². The third-order valence-electron chi connectivity index (χ3n) is 3.84. The number of rotatable bonds is 5. The molecule has 0 amide bonds. The molecule has 22 heavy (non-hydrogen) atoms. The first-order valence-electron chi connectivity index (χ1n) is 7.48. The zero-order chi connectivity index (χ0) is 15.4. The van der Waals surface area contributed by atoms with Gasteiger partial charge in [0, 0.05) is 17.7 Å². The molecule has 0 radical (unpaired) electrons. The molecule has 0 bridgehead atoms. The Labute approximate surface area is 134 Å². The highest BCUT2D eigenvalue weighted by Gasteiger charge is 2.26. The van der Waals surface area contributed by atoms with E-state index in [0.29, 0.717) is 5.76 Å². The summed E-state index contributed by atoms with van der Waals surface area (Å²) in [7, 11) is 1.65. The van der Waals surface area contributed by atoms with E-state index in [0.717, 1.165) is 28.6 Å². The molecule has 1 aromatic heterocycles. The largest absolute Gasteiger partial charge is 0.497 e. The lowest BCUT2D eigenvalue weighted by Gasteiger charge is -2.01. The Morgan fingerprint density at radius 3 is 2.59 bits per heavy atom. The number of hydroxylamine groups is 1. The van der Waals surface area contributed by atoms with Gasteiger partial charge in [-0.1, -0.05) is 11.8 Å². The first-order valence-corrected chi connectivity index (χ1v) is 8.30. The molecular weight excluding hydrogens is 298 g/mol. The summed E-state index contributed by atoms with van der Waals surface area (Å²) in [6, 6.07) is 11.9. The topological polar surface area (TPSA) is 45.6 Å². The fourth-order valence-corrected chi connectivity index (χ4v) is 3.40. The molecule has 0 spiro atoms. The number of ether oxygens (including phenoxy) is 1. The van der Waals surface area contributed by atoms with Gasteiger partial charge in [0.15, 0.2) is 10.9 Å². The zero-order valence-electron chi connectivity index (χ0n) is 12.6. The Morgan fingerprint density at radius 2 is 1.91 bits per heavy atom. The molecule has 1 N–H and O–H groups in total. The molecule has 1 aliphatic rings. The summed E-state index contributed by atoms with van der Waals surface area (Å²) in [6.45, 7) is 0. The summed E-state index contributed by atoms with van der Waals surface area (Å²) >= 11 is 1.54. The van der Waals surface area contributed by atoms with Gasteiger partial charge in [-0.2, -0.15) is 0 Å². The predicted octanol–water partition coefficient (Wildman–Crippen LogP) is 4.20. The Balaban J connectivity index is 1.66. The van der Waals surface area contributed by atoms with Crippen molar-refractivity contribution in [1.29, 1.82) is 0 Å². The van der Waals surface area contributed by atoms with Crippen LogP contribution in [0, 0.1) is 0 Å². The van der Waals surface area contributed by atoms with Gasteiger partial charge in [0.2, 0.25) is 6.04 Å². The molecule has 4 nitrogen and oxygen atoms in total. The smallest absolute Gasteiger partial charge is 0.258 e. The lowest BCUT2D eigenvalue weighted by atomic mass is 10.3. The quantitative estimate of drug-likeness (QED) is 0.388. The van der Waals surface area contributed by atoms with Crippen molar-refractivity contribution in [2.24, 2.45) is 0 Å². The van der Waals surface area contributed by atoms with Gasteiger partial charge in [0.1, 0.15) is 5.75 Å². The maximum Gasteiger partial charge on any atom is 0.258 e. The number of furan rings is 1. The van der Waals surface area contributed by atoms with Crippen LogP contribution in [0.15, 0.2) is 50.8 Å². The van der Waals surface area contributed by atoms with Crippen LogP contribution >= 0.6 is 11.8 Å². The molecule has 0 saturated heterocycles. The molecule has 1 saturated carbocycles. The number of benzene rings is 1.